The smallest absolute Gasteiger partial charge is 0.338 e. The van der Waals surface area contributed by atoms with E-state index in [2.05, 4.69) is 18.7 Å². The Labute approximate surface area is 261 Å². The number of ether oxygens (including phenoxy) is 5. The maximum atomic E-state index is 14.3. The lowest BCUT2D eigenvalue weighted by molar-refractivity contribution is -0.140. The third-order valence-corrected chi connectivity index (χ3v) is 8.35. The van der Waals surface area contributed by atoms with E-state index < -0.39 is 12.0 Å². The van der Waals surface area contributed by atoms with Crippen molar-refractivity contribution in [2.24, 2.45) is 4.99 Å². The number of benzene rings is 2. The second kappa shape index (κ2) is 15.1. The zero-order valence-corrected chi connectivity index (χ0v) is 27.3. The highest BCUT2D eigenvalue weighted by Crippen LogP contribution is 2.41. The van der Waals surface area contributed by atoms with Gasteiger partial charge in [-0.15, -0.1) is 0 Å². The third kappa shape index (κ3) is 6.68. The minimum Gasteiger partial charge on any atom is -0.496 e. The van der Waals surface area contributed by atoms with Crippen LogP contribution in [0.3, 0.4) is 0 Å². The molecule has 1 aliphatic rings. The van der Waals surface area contributed by atoms with Crippen LogP contribution in [-0.4, -0.2) is 64.8 Å². The number of rotatable bonds is 14. The normalized spacial score (nSPS) is 14.6. The van der Waals surface area contributed by atoms with Crippen LogP contribution in [0.1, 0.15) is 51.3 Å². The molecule has 0 amide bonds. The number of hydrogen-bond donors (Lipinski definition) is 0. The molecule has 236 valence electrons. The molecule has 0 aliphatic carbocycles. The van der Waals surface area contributed by atoms with Crippen LogP contribution in [0.4, 0.5) is 5.69 Å². The number of anilines is 1. The summed E-state index contributed by atoms with van der Waals surface area (Å²) in [6, 6.07) is 10.5. The molecule has 10 nitrogen and oxygen atoms in total. The molecule has 1 aliphatic heterocycles. The Hall–Kier alpha value is -4.09. The van der Waals surface area contributed by atoms with Crippen LogP contribution >= 0.6 is 11.3 Å². The van der Waals surface area contributed by atoms with Crippen molar-refractivity contribution in [3.63, 3.8) is 0 Å². The Morgan fingerprint density at radius 2 is 1.77 bits per heavy atom. The molecule has 0 saturated heterocycles. The van der Waals surface area contributed by atoms with E-state index in [4.69, 9.17) is 28.7 Å². The lowest BCUT2D eigenvalue weighted by Gasteiger charge is -2.27. The minimum atomic E-state index is -0.864. The molecular formula is C33H41N3O7S. The van der Waals surface area contributed by atoms with Crippen molar-refractivity contribution in [3.05, 3.63) is 78.5 Å². The van der Waals surface area contributed by atoms with Gasteiger partial charge in [0, 0.05) is 43.1 Å². The number of allylic oxidation sites excluding steroid dienone is 1. The van der Waals surface area contributed by atoms with Crippen molar-refractivity contribution in [2.45, 2.75) is 40.2 Å². The summed E-state index contributed by atoms with van der Waals surface area (Å²) in [5, 5.41) is 0. The monoisotopic (exact) mass is 623 g/mol. The molecule has 44 heavy (non-hydrogen) atoms. The SMILES string of the molecule is CCCOc1c(OC)cccc1[C@H]1C(C(=O)OCCOC)=C(C)N=c2s/c(=C/c3ccc(N(CC)CC)cc3OC)c(=O)n21. The van der Waals surface area contributed by atoms with Gasteiger partial charge < -0.3 is 28.6 Å². The number of hydrogen-bond acceptors (Lipinski definition) is 10. The van der Waals surface area contributed by atoms with Crippen LogP contribution in [0.2, 0.25) is 0 Å². The van der Waals surface area contributed by atoms with Gasteiger partial charge in [-0.3, -0.25) is 9.36 Å². The lowest BCUT2D eigenvalue weighted by atomic mass is 9.94. The molecule has 0 unspecified atom stereocenters. The van der Waals surface area contributed by atoms with Gasteiger partial charge in [0.25, 0.3) is 5.56 Å². The summed E-state index contributed by atoms with van der Waals surface area (Å²) < 4.78 is 30.2. The third-order valence-electron chi connectivity index (χ3n) is 7.37. The second-order valence-corrected chi connectivity index (χ2v) is 11.0. The largest absolute Gasteiger partial charge is 0.496 e. The van der Waals surface area contributed by atoms with Crippen molar-refractivity contribution in [1.82, 2.24) is 4.57 Å². The van der Waals surface area contributed by atoms with Crippen LogP contribution in [0.5, 0.6) is 17.2 Å². The molecule has 0 spiro atoms. The van der Waals surface area contributed by atoms with Gasteiger partial charge in [0.15, 0.2) is 16.3 Å². The topological polar surface area (TPSA) is 101 Å². The van der Waals surface area contributed by atoms with E-state index in [9.17, 15) is 9.59 Å². The Bertz CT molecular complexity index is 1690. The summed E-state index contributed by atoms with van der Waals surface area (Å²) in [7, 11) is 4.71. The van der Waals surface area contributed by atoms with Crippen molar-refractivity contribution in [2.75, 3.05) is 59.1 Å². The van der Waals surface area contributed by atoms with Gasteiger partial charge >= 0.3 is 5.97 Å². The van der Waals surface area contributed by atoms with E-state index in [0.29, 0.717) is 44.4 Å². The maximum Gasteiger partial charge on any atom is 0.338 e. The zero-order valence-electron chi connectivity index (χ0n) is 26.5. The fourth-order valence-electron chi connectivity index (χ4n) is 5.19. The predicted octanol–water partition coefficient (Wildman–Crippen LogP) is 4.08. The number of carbonyl (C=O) groups is 1. The summed E-state index contributed by atoms with van der Waals surface area (Å²) in [6.07, 6.45) is 2.57. The van der Waals surface area contributed by atoms with Gasteiger partial charge in [-0.25, -0.2) is 9.79 Å². The van der Waals surface area contributed by atoms with E-state index >= 15 is 0 Å². The molecule has 4 rings (SSSR count). The number of aromatic nitrogens is 1. The van der Waals surface area contributed by atoms with E-state index in [-0.39, 0.29) is 24.3 Å². The van der Waals surface area contributed by atoms with E-state index in [1.165, 1.54) is 18.4 Å². The number of fused-ring (bicyclic) bond motifs is 1. The fraction of sp³-hybridized carbons (Fsp3) is 0.424. The van der Waals surface area contributed by atoms with Gasteiger partial charge in [-0.1, -0.05) is 30.4 Å². The van der Waals surface area contributed by atoms with Crippen LogP contribution in [0.15, 0.2) is 57.5 Å². The van der Waals surface area contributed by atoms with Gasteiger partial charge in [0.2, 0.25) is 0 Å². The maximum absolute atomic E-state index is 14.3. The zero-order chi connectivity index (χ0) is 31.8. The first-order valence-electron chi connectivity index (χ1n) is 14.7. The average Bonchev–Trinajstić information content (AvgIpc) is 3.33. The highest BCUT2D eigenvalue weighted by molar-refractivity contribution is 7.07. The molecule has 0 saturated carbocycles. The molecule has 0 fully saturated rings. The lowest BCUT2D eigenvalue weighted by Crippen LogP contribution is -2.40. The number of methoxy groups -OCH3 is 3. The van der Waals surface area contributed by atoms with Crippen LogP contribution in [-0.2, 0) is 14.3 Å². The van der Waals surface area contributed by atoms with Crippen molar-refractivity contribution < 1.29 is 28.5 Å². The van der Waals surface area contributed by atoms with E-state index in [1.807, 2.05) is 43.3 Å². The number of thiazole rings is 1. The van der Waals surface area contributed by atoms with Crippen molar-refractivity contribution in [1.29, 1.82) is 0 Å². The molecule has 0 bridgehead atoms. The molecule has 1 atom stereocenters. The van der Waals surface area contributed by atoms with Crippen LogP contribution < -0.4 is 34.0 Å². The summed E-state index contributed by atoms with van der Waals surface area (Å²) in [4.78, 5) is 35.2. The highest BCUT2D eigenvalue weighted by Gasteiger charge is 2.36. The minimum absolute atomic E-state index is 0.0594. The summed E-state index contributed by atoms with van der Waals surface area (Å²) in [5.74, 6) is 1.03. The van der Waals surface area contributed by atoms with E-state index in [0.717, 1.165) is 30.8 Å². The quantitative estimate of drug-likeness (QED) is 0.196. The first-order valence-corrected chi connectivity index (χ1v) is 15.6. The Morgan fingerprint density at radius 3 is 2.43 bits per heavy atom. The standard InChI is InChI=1S/C33H41N3O7S/c1-8-16-42-30-24(12-11-13-25(30)40-6)29-28(32(38)43-18-17-39-5)21(4)34-33-36(29)31(37)27(44-33)19-22-14-15-23(20-26(22)41-7)35(9-2)10-3/h11-15,19-20,29H,8-10,16-18H2,1-7H3/b27-19+/t29-/m0/s1. The molecular weight excluding hydrogens is 582 g/mol. The number of para-hydroxylation sites is 1. The molecule has 0 N–H and O–H groups in total. The molecule has 2 aromatic carbocycles. The first kappa shape index (κ1) is 32.8. The van der Waals surface area contributed by atoms with Gasteiger partial charge in [0.1, 0.15) is 18.4 Å². The number of esters is 1. The Balaban J connectivity index is 1.94. The van der Waals surface area contributed by atoms with E-state index in [1.54, 1.807) is 31.8 Å². The summed E-state index contributed by atoms with van der Waals surface area (Å²) in [5.41, 5.74) is 2.79. The number of carbonyl (C=O) groups excluding carboxylic acids is 1. The molecule has 2 heterocycles. The second-order valence-electron chi connectivity index (χ2n) is 10.0. The first-order chi connectivity index (χ1) is 21.3. The Kier molecular flexibility index (Phi) is 11.2. The predicted molar refractivity (Wildman–Crippen MR) is 172 cm³/mol. The van der Waals surface area contributed by atoms with Crippen LogP contribution in [0, 0.1) is 0 Å². The van der Waals surface area contributed by atoms with Gasteiger partial charge in [-0.05, 0) is 51.5 Å². The van der Waals surface area contributed by atoms with Gasteiger partial charge in [-0.2, -0.15) is 0 Å². The van der Waals surface area contributed by atoms with Crippen molar-refractivity contribution >= 4 is 29.1 Å². The van der Waals surface area contributed by atoms with Crippen molar-refractivity contribution in [3.8, 4) is 17.2 Å². The number of nitrogens with zero attached hydrogens (tertiary/aromatic N) is 3. The summed E-state index contributed by atoms with van der Waals surface area (Å²) in [6.45, 7) is 10.4. The average molecular weight is 624 g/mol. The molecule has 1 aromatic heterocycles. The van der Waals surface area contributed by atoms with Gasteiger partial charge in [0.05, 0.1) is 43.2 Å². The molecule has 0 radical (unpaired) electrons. The fourth-order valence-corrected chi connectivity index (χ4v) is 6.22. The Morgan fingerprint density at radius 1 is 1.02 bits per heavy atom. The summed E-state index contributed by atoms with van der Waals surface area (Å²) >= 11 is 1.25. The highest BCUT2D eigenvalue weighted by atomic mass is 32.1. The van der Waals surface area contributed by atoms with Crippen LogP contribution in [0.25, 0.3) is 6.08 Å². The molecule has 3 aromatic rings. The molecule has 11 heteroatoms.